The fraction of sp³-hybridized carbons (Fsp3) is 0.583. The van der Waals surface area contributed by atoms with Gasteiger partial charge >= 0.3 is 0 Å². The molecule has 6 heteroatoms. The molecule has 0 fully saturated rings. The maximum absolute atomic E-state index is 11.5. The second kappa shape index (κ2) is 11.5. The highest BCUT2D eigenvalue weighted by Gasteiger charge is 2.01. The number of nitrogens with one attached hydrogen (secondary N) is 2. The van der Waals surface area contributed by atoms with E-state index in [1.807, 2.05) is 11.4 Å². The summed E-state index contributed by atoms with van der Waals surface area (Å²) in [4.78, 5) is 12.7. The van der Waals surface area contributed by atoms with Crippen molar-refractivity contribution in [1.29, 1.82) is 0 Å². The lowest BCUT2D eigenvalue weighted by molar-refractivity contribution is -0.121. The normalized spacial score (nSPS) is 9.83. The van der Waals surface area contributed by atoms with Gasteiger partial charge in [-0.05, 0) is 17.9 Å². The molecule has 0 saturated heterocycles. The third kappa shape index (κ3) is 8.47. The number of hydrogen-bond acceptors (Lipinski definition) is 4. The first-order chi connectivity index (χ1) is 8.33. The molecular weight excluding hydrogens is 272 g/mol. The van der Waals surface area contributed by atoms with E-state index in [4.69, 9.17) is 4.74 Å². The average Bonchev–Trinajstić information content (AvgIpc) is 2.84. The number of carbonyl (C=O) groups excluding carboxylic acids is 1. The van der Waals surface area contributed by atoms with Crippen molar-refractivity contribution in [2.75, 3.05) is 33.4 Å². The van der Waals surface area contributed by atoms with Crippen molar-refractivity contribution in [1.82, 2.24) is 10.6 Å². The number of rotatable bonds is 9. The minimum absolute atomic E-state index is 0. The third-order valence-electron chi connectivity index (χ3n) is 2.29. The van der Waals surface area contributed by atoms with E-state index >= 15 is 0 Å². The zero-order valence-electron chi connectivity index (χ0n) is 10.6. The van der Waals surface area contributed by atoms with Crippen LogP contribution in [0.3, 0.4) is 0 Å². The molecule has 1 aromatic rings. The molecule has 0 aliphatic heterocycles. The molecule has 0 aliphatic rings. The van der Waals surface area contributed by atoms with Gasteiger partial charge in [0.1, 0.15) is 0 Å². The van der Waals surface area contributed by atoms with E-state index in [1.54, 1.807) is 18.4 Å². The Kier molecular flexibility index (Phi) is 11.1. The maximum atomic E-state index is 11.5. The number of hydrogen-bond donors (Lipinski definition) is 2. The smallest absolute Gasteiger partial charge is 0.220 e. The Morgan fingerprint density at radius 2 is 2.22 bits per heavy atom. The molecule has 4 nitrogen and oxygen atoms in total. The first-order valence-corrected chi connectivity index (χ1v) is 6.69. The van der Waals surface area contributed by atoms with Gasteiger partial charge in [0, 0.05) is 38.0 Å². The topological polar surface area (TPSA) is 50.4 Å². The molecule has 0 aliphatic carbocycles. The molecular formula is C12H21ClN2O2S. The van der Waals surface area contributed by atoms with Crippen molar-refractivity contribution in [3.63, 3.8) is 0 Å². The summed E-state index contributed by atoms with van der Waals surface area (Å²) in [6.45, 7) is 2.98. The fourth-order valence-electron chi connectivity index (χ4n) is 1.37. The van der Waals surface area contributed by atoms with Crippen LogP contribution < -0.4 is 10.6 Å². The van der Waals surface area contributed by atoms with Crippen molar-refractivity contribution in [3.8, 4) is 0 Å². The standard InChI is InChI=1S/C12H20N2O2S.ClH/c1-16-9-8-13-6-7-14-12(15)5-4-11-3-2-10-17-11;/h2-3,10,13H,4-9H2,1H3,(H,14,15);1H. The minimum atomic E-state index is 0. The third-order valence-corrected chi connectivity index (χ3v) is 3.22. The molecule has 0 aromatic carbocycles. The van der Waals surface area contributed by atoms with Crippen LogP contribution in [-0.4, -0.2) is 39.3 Å². The van der Waals surface area contributed by atoms with Crippen LogP contribution in [-0.2, 0) is 16.0 Å². The summed E-state index contributed by atoms with van der Waals surface area (Å²) in [5.41, 5.74) is 0. The number of amides is 1. The Morgan fingerprint density at radius 1 is 1.39 bits per heavy atom. The van der Waals surface area contributed by atoms with Crippen molar-refractivity contribution in [2.45, 2.75) is 12.8 Å². The zero-order chi connectivity index (χ0) is 12.3. The summed E-state index contributed by atoms with van der Waals surface area (Å²) in [5.74, 6) is 0.118. The Morgan fingerprint density at radius 3 is 2.89 bits per heavy atom. The number of aryl methyl sites for hydroxylation is 1. The van der Waals surface area contributed by atoms with Crippen LogP contribution in [0, 0.1) is 0 Å². The molecule has 1 heterocycles. The predicted octanol–water partition coefficient (Wildman–Crippen LogP) is 1.45. The van der Waals surface area contributed by atoms with Crippen LogP contribution in [0.1, 0.15) is 11.3 Å². The number of halogens is 1. The lowest BCUT2D eigenvalue weighted by Crippen LogP contribution is -2.33. The SMILES string of the molecule is COCCNCCNC(=O)CCc1cccs1.Cl. The number of carbonyl (C=O) groups is 1. The van der Waals surface area contributed by atoms with E-state index in [9.17, 15) is 4.79 Å². The lowest BCUT2D eigenvalue weighted by atomic mass is 10.2. The Balaban J connectivity index is 0.00000289. The summed E-state index contributed by atoms with van der Waals surface area (Å²) in [5, 5.41) is 8.09. The molecule has 0 unspecified atom stereocenters. The number of methoxy groups -OCH3 is 1. The summed E-state index contributed by atoms with van der Waals surface area (Å²) < 4.78 is 4.90. The highest BCUT2D eigenvalue weighted by Crippen LogP contribution is 2.10. The fourth-order valence-corrected chi connectivity index (χ4v) is 2.08. The molecule has 18 heavy (non-hydrogen) atoms. The molecule has 0 atom stereocenters. The monoisotopic (exact) mass is 292 g/mol. The second-order valence-electron chi connectivity index (χ2n) is 3.67. The van der Waals surface area contributed by atoms with E-state index < -0.39 is 0 Å². The van der Waals surface area contributed by atoms with E-state index in [-0.39, 0.29) is 18.3 Å². The largest absolute Gasteiger partial charge is 0.383 e. The Labute approximate surface area is 119 Å². The van der Waals surface area contributed by atoms with Crippen molar-refractivity contribution in [3.05, 3.63) is 22.4 Å². The van der Waals surface area contributed by atoms with Gasteiger partial charge in [0.05, 0.1) is 6.61 Å². The highest BCUT2D eigenvalue weighted by molar-refractivity contribution is 7.09. The van der Waals surface area contributed by atoms with Crippen LogP contribution in [0.25, 0.3) is 0 Å². The van der Waals surface area contributed by atoms with E-state index in [0.717, 1.165) is 19.5 Å². The molecule has 0 spiro atoms. The van der Waals surface area contributed by atoms with E-state index in [0.29, 0.717) is 19.6 Å². The Bertz CT molecular complexity index is 307. The van der Waals surface area contributed by atoms with Gasteiger partial charge in [-0.25, -0.2) is 0 Å². The maximum Gasteiger partial charge on any atom is 0.220 e. The quantitative estimate of drug-likeness (QED) is 0.678. The molecule has 2 N–H and O–H groups in total. The van der Waals surface area contributed by atoms with Gasteiger partial charge in [-0.2, -0.15) is 0 Å². The van der Waals surface area contributed by atoms with Crippen molar-refractivity contribution < 1.29 is 9.53 Å². The molecule has 104 valence electrons. The molecule has 0 saturated carbocycles. The molecule has 0 radical (unpaired) electrons. The van der Waals surface area contributed by atoms with Crippen LogP contribution in [0.2, 0.25) is 0 Å². The van der Waals surface area contributed by atoms with Crippen molar-refractivity contribution in [2.24, 2.45) is 0 Å². The van der Waals surface area contributed by atoms with E-state index in [1.165, 1.54) is 4.88 Å². The zero-order valence-corrected chi connectivity index (χ0v) is 12.2. The summed E-state index contributed by atoms with van der Waals surface area (Å²) in [7, 11) is 1.67. The second-order valence-corrected chi connectivity index (χ2v) is 4.70. The van der Waals surface area contributed by atoms with Gasteiger partial charge in [-0.1, -0.05) is 6.07 Å². The summed E-state index contributed by atoms with van der Waals surface area (Å²) >= 11 is 1.70. The lowest BCUT2D eigenvalue weighted by Gasteiger charge is -2.06. The van der Waals surface area contributed by atoms with Gasteiger partial charge < -0.3 is 15.4 Å². The Hall–Kier alpha value is -0.620. The van der Waals surface area contributed by atoms with Crippen LogP contribution in [0.5, 0.6) is 0 Å². The molecule has 1 amide bonds. The first-order valence-electron chi connectivity index (χ1n) is 5.81. The van der Waals surface area contributed by atoms with Crippen LogP contribution in [0.15, 0.2) is 17.5 Å². The molecule has 1 aromatic heterocycles. The van der Waals surface area contributed by atoms with Gasteiger partial charge in [-0.3, -0.25) is 4.79 Å². The highest BCUT2D eigenvalue weighted by atomic mass is 35.5. The minimum Gasteiger partial charge on any atom is -0.383 e. The van der Waals surface area contributed by atoms with Crippen LogP contribution in [0.4, 0.5) is 0 Å². The van der Waals surface area contributed by atoms with Gasteiger partial charge in [0.2, 0.25) is 5.91 Å². The van der Waals surface area contributed by atoms with Gasteiger partial charge in [0.25, 0.3) is 0 Å². The number of ether oxygens (including phenoxy) is 1. The van der Waals surface area contributed by atoms with E-state index in [2.05, 4.69) is 16.7 Å². The summed E-state index contributed by atoms with van der Waals surface area (Å²) in [6, 6.07) is 4.07. The average molecular weight is 293 g/mol. The predicted molar refractivity (Wildman–Crippen MR) is 77.6 cm³/mol. The van der Waals surface area contributed by atoms with Crippen LogP contribution >= 0.6 is 23.7 Å². The first kappa shape index (κ1) is 17.4. The number of thiophene rings is 1. The summed E-state index contributed by atoms with van der Waals surface area (Å²) in [6.07, 6.45) is 1.40. The molecule has 1 rings (SSSR count). The van der Waals surface area contributed by atoms with Crippen molar-refractivity contribution >= 4 is 29.7 Å². The van der Waals surface area contributed by atoms with Gasteiger partial charge in [-0.15, -0.1) is 23.7 Å². The molecule has 0 bridgehead atoms. The van der Waals surface area contributed by atoms with Gasteiger partial charge in [0.15, 0.2) is 0 Å².